The first-order chi connectivity index (χ1) is 8.63. The molecule has 2 heterocycles. The maximum atomic E-state index is 13.7. The van der Waals surface area contributed by atoms with Crippen molar-refractivity contribution >= 4 is 5.69 Å². The number of piperidine rings is 1. The lowest BCUT2D eigenvalue weighted by atomic mass is 9.97. The van der Waals surface area contributed by atoms with E-state index in [1.165, 1.54) is 12.8 Å². The minimum atomic E-state index is -0.133. The zero-order valence-corrected chi connectivity index (χ0v) is 11.1. The third-order valence-corrected chi connectivity index (χ3v) is 4.58. The monoisotopic (exact) mass is 248 g/mol. The van der Waals surface area contributed by atoms with Crippen LogP contribution in [0.25, 0.3) is 0 Å². The number of hydrogen-bond donors (Lipinski definition) is 1. The third kappa shape index (κ3) is 2.12. The standard InChI is InChI=1S/C15H21FN2/c1-10-3-6-14(16)15(7-10)17-11-8-12-4-5-13(9-11)18(12)2/h3,6-7,11-13,17H,4-5,8-9H2,1-2H3. The Morgan fingerprint density at radius 1 is 1.22 bits per heavy atom. The number of anilines is 1. The van der Waals surface area contributed by atoms with E-state index < -0.39 is 0 Å². The lowest BCUT2D eigenvalue weighted by Crippen LogP contribution is -2.44. The summed E-state index contributed by atoms with van der Waals surface area (Å²) in [6.07, 6.45) is 4.88. The molecule has 98 valence electrons. The predicted molar refractivity (Wildman–Crippen MR) is 72.4 cm³/mol. The molecule has 2 unspecified atom stereocenters. The van der Waals surface area contributed by atoms with E-state index in [0.717, 1.165) is 18.4 Å². The average molecular weight is 248 g/mol. The van der Waals surface area contributed by atoms with Crippen molar-refractivity contribution < 1.29 is 4.39 Å². The van der Waals surface area contributed by atoms with E-state index in [1.54, 1.807) is 6.07 Å². The van der Waals surface area contributed by atoms with Crippen molar-refractivity contribution in [3.05, 3.63) is 29.6 Å². The molecule has 18 heavy (non-hydrogen) atoms. The molecule has 0 amide bonds. The SMILES string of the molecule is Cc1ccc(F)c(NC2CC3CCC(C2)N3C)c1. The molecule has 1 aromatic carbocycles. The fraction of sp³-hybridized carbons (Fsp3) is 0.600. The van der Waals surface area contributed by atoms with Gasteiger partial charge in [0.25, 0.3) is 0 Å². The third-order valence-electron chi connectivity index (χ3n) is 4.58. The molecular weight excluding hydrogens is 227 g/mol. The summed E-state index contributed by atoms with van der Waals surface area (Å²) in [7, 11) is 2.23. The van der Waals surface area contributed by atoms with Crippen LogP contribution in [0.15, 0.2) is 18.2 Å². The van der Waals surface area contributed by atoms with Crippen LogP contribution in [-0.4, -0.2) is 30.1 Å². The Bertz CT molecular complexity index is 432. The van der Waals surface area contributed by atoms with Crippen LogP contribution in [0.3, 0.4) is 0 Å². The summed E-state index contributed by atoms with van der Waals surface area (Å²) in [6, 6.07) is 7.09. The van der Waals surface area contributed by atoms with Gasteiger partial charge in [-0.1, -0.05) is 6.07 Å². The van der Waals surface area contributed by atoms with E-state index in [0.29, 0.717) is 23.8 Å². The van der Waals surface area contributed by atoms with Crippen molar-refractivity contribution in [1.29, 1.82) is 0 Å². The first-order valence-corrected chi connectivity index (χ1v) is 6.88. The van der Waals surface area contributed by atoms with Gasteiger partial charge in [0.15, 0.2) is 0 Å². The number of nitrogens with zero attached hydrogens (tertiary/aromatic N) is 1. The van der Waals surface area contributed by atoms with E-state index in [2.05, 4.69) is 17.3 Å². The maximum absolute atomic E-state index is 13.7. The van der Waals surface area contributed by atoms with Crippen molar-refractivity contribution in [2.45, 2.75) is 50.7 Å². The normalized spacial score (nSPS) is 31.6. The van der Waals surface area contributed by atoms with Crippen LogP contribution < -0.4 is 5.32 Å². The summed E-state index contributed by atoms with van der Waals surface area (Å²) in [5, 5.41) is 3.41. The van der Waals surface area contributed by atoms with E-state index in [-0.39, 0.29) is 5.82 Å². The Labute approximate surface area is 108 Å². The van der Waals surface area contributed by atoms with Gasteiger partial charge in [-0.05, 0) is 57.4 Å². The molecule has 2 aliphatic heterocycles. The van der Waals surface area contributed by atoms with E-state index in [9.17, 15) is 4.39 Å². The van der Waals surface area contributed by atoms with Gasteiger partial charge in [0.1, 0.15) is 5.82 Å². The van der Waals surface area contributed by atoms with Gasteiger partial charge in [0.05, 0.1) is 5.69 Å². The van der Waals surface area contributed by atoms with Gasteiger partial charge >= 0.3 is 0 Å². The second-order valence-corrected chi connectivity index (χ2v) is 5.85. The molecule has 2 fully saturated rings. The van der Waals surface area contributed by atoms with Crippen LogP contribution in [0.2, 0.25) is 0 Å². The molecule has 1 N–H and O–H groups in total. The van der Waals surface area contributed by atoms with Crippen LogP contribution in [0.4, 0.5) is 10.1 Å². The second-order valence-electron chi connectivity index (χ2n) is 5.85. The fourth-order valence-corrected chi connectivity index (χ4v) is 3.50. The van der Waals surface area contributed by atoms with Crippen molar-refractivity contribution in [1.82, 2.24) is 4.90 Å². The molecule has 3 rings (SSSR count). The number of halogens is 1. The Balaban J connectivity index is 1.72. The van der Waals surface area contributed by atoms with Gasteiger partial charge in [0.2, 0.25) is 0 Å². The van der Waals surface area contributed by atoms with Crippen LogP contribution in [0.5, 0.6) is 0 Å². The number of nitrogens with one attached hydrogen (secondary N) is 1. The summed E-state index contributed by atoms with van der Waals surface area (Å²) in [6.45, 7) is 2.00. The van der Waals surface area contributed by atoms with Crippen LogP contribution in [0, 0.1) is 12.7 Å². The van der Waals surface area contributed by atoms with Crippen molar-refractivity contribution in [2.75, 3.05) is 12.4 Å². The van der Waals surface area contributed by atoms with Crippen LogP contribution in [0.1, 0.15) is 31.2 Å². The highest BCUT2D eigenvalue weighted by Gasteiger charge is 2.38. The Morgan fingerprint density at radius 2 is 1.89 bits per heavy atom. The number of hydrogen-bond acceptors (Lipinski definition) is 2. The minimum Gasteiger partial charge on any atom is -0.380 e. The number of rotatable bonds is 2. The van der Waals surface area contributed by atoms with Gasteiger partial charge in [-0.25, -0.2) is 4.39 Å². The van der Waals surface area contributed by atoms with E-state index in [4.69, 9.17) is 0 Å². The Kier molecular flexibility index (Phi) is 3.02. The van der Waals surface area contributed by atoms with Crippen LogP contribution >= 0.6 is 0 Å². The highest BCUT2D eigenvalue weighted by Crippen LogP contribution is 2.35. The smallest absolute Gasteiger partial charge is 0.146 e. The van der Waals surface area contributed by atoms with E-state index in [1.807, 2.05) is 19.1 Å². The molecule has 2 aliphatic rings. The quantitative estimate of drug-likeness (QED) is 0.864. The number of benzene rings is 1. The van der Waals surface area contributed by atoms with E-state index >= 15 is 0 Å². The minimum absolute atomic E-state index is 0.133. The van der Waals surface area contributed by atoms with Gasteiger partial charge in [-0.3, -0.25) is 0 Å². The van der Waals surface area contributed by atoms with Gasteiger partial charge in [-0.15, -0.1) is 0 Å². The predicted octanol–water partition coefficient (Wildman–Crippen LogP) is 3.17. The molecule has 0 saturated carbocycles. The number of fused-ring (bicyclic) bond motifs is 2. The van der Waals surface area contributed by atoms with Crippen LogP contribution in [-0.2, 0) is 0 Å². The van der Waals surface area contributed by atoms with Crippen molar-refractivity contribution in [3.8, 4) is 0 Å². The molecule has 0 aromatic heterocycles. The first-order valence-electron chi connectivity index (χ1n) is 6.88. The highest BCUT2D eigenvalue weighted by molar-refractivity contribution is 5.48. The summed E-state index contributed by atoms with van der Waals surface area (Å²) in [4.78, 5) is 2.50. The molecule has 0 aliphatic carbocycles. The zero-order valence-electron chi connectivity index (χ0n) is 11.1. The second kappa shape index (κ2) is 4.54. The summed E-state index contributed by atoms with van der Waals surface area (Å²) in [5.41, 5.74) is 1.78. The molecule has 0 radical (unpaired) electrons. The largest absolute Gasteiger partial charge is 0.380 e. The van der Waals surface area contributed by atoms with Gasteiger partial charge in [0, 0.05) is 18.1 Å². The molecule has 2 nitrogen and oxygen atoms in total. The maximum Gasteiger partial charge on any atom is 0.146 e. The summed E-state index contributed by atoms with van der Waals surface area (Å²) >= 11 is 0. The van der Waals surface area contributed by atoms with Crippen molar-refractivity contribution in [3.63, 3.8) is 0 Å². The Hall–Kier alpha value is -1.09. The summed E-state index contributed by atoms with van der Waals surface area (Å²) in [5.74, 6) is -0.133. The molecular formula is C15H21FN2. The lowest BCUT2D eigenvalue weighted by Gasteiger charge is -2.37. The van der Waals surface area contributed by atoms with Gasteiger partial charge in [-0.2, -0.15) is 0 Å². The molecule has 2 bridgehead atoms. The topological polar surface area (TPSA) is 15.3 Å². The molecule has 2 atom stereocenters. The molecule has 2 saturated heterocycles. The van der Waals surface area contributed by atoms with Gasteiger partial charge < -0.3 is 10.2 Å². The first kappa shape index (κ1) is 12.0. The van der Waals surface area contributed by atoms with Crippen molar-refractivity contribution in [2.24, 2.45) is 0 Å². The molecule has 3 heteroatoms. The zero-order chi connectivity index (χ0) is 12.7. The molecule has 1 aromatic rings. The highest BCUT2D eigenvalue weighted by atomic mass is 19.1. The molecule has 0 spiro atoms. The summed E-state index contributed by atoms with van der Waals surface area (Å²) < 4.78 is 13.7. The fourth-order valence-electron chi connectivity index (χ4n) is 3.50. The lowest BCUT2D eigenvalue weighted by molar-refractivity contribution is 0.169. The average Bonchev–Trinajstić information content (AvgIpc) is 2.58. The number of aryl methyl sites for hydroxylation is 1. The Morgan fingerprint density at radius 3 is 2.56 bits per heavy atom.